The maximum absolute atomic E-state index is 5.77. The third kappa shape index (κ3) is 3.89. The molecule has 4 nitrogen and oxygen atoms in total. The van der Waals surface area contributed by atoms with Crippen LogP contribution in [0.5, 0.6) is 17.2 Å². The van der Waals surface area contributed by atoms with E-state index in [2.05, 4.69) is 0 Å². The van der Waals surface area contributed by atoms with Gasteiger partial charge in [-0.15, -0.1) is 0 Å². The molecule has 0 aliphatic rings. The molecule has 100 valence electrons. The first-order valence-corrected chi connectivity index (χ1v) is 6.04. The maximum atomic E-state index is 5.77. The van der Waals surface area contributed by atoms with E-state index in [0.29, 0.717) is 30.4 Å². The Labute approximate surface area is 112 Å². The minimum atomic E-state index is 0.485. The quantitative estimate of drug-likeness (QED) is 0.639. The van der Waals surface area contributed by atoms with Gasteiger partial charge in [0.25, 0.3) is 0 Å². The molecule has 0 bridgehead atoms. The van der Waals surface area contributed by atoms with Gasteiger partial charge in [0.15, 0.2) is 11.5 Å². The van der Waals surface area contributed by atoms with E-state index >= 15 is 0 Å². The molecule has 4 heteroatoms. The summed E-state index contributed by atoms with van der Waals surface area (Å²) in [7, 11) is 1.64. The third-order valence-electron chi connectivity index (χ3n) is 2.50. The molecule has 0 radical (unpaired) electrons. The zero-order chi connectivity index (χ0) is 13.5. The molecule has 2 aromatic carbocycles. The fraction of sp³-hybridized carbons (Fsp3) is 0.200. The zero-order valence-electron chi connectivity index (χ0n) is 10.8. The van der Waals surface area contributed by atoms with Crippen LogP contribution < -0.4 is 15.2 Å². The lowest BCUT2D eigenvalue weighted by atomic mass is 10.3. The van der Waals surface area contributed by atoms with Crippen LogP contribution >= 0.6 is 0 Å². The van der Waals surface area contributed by atoms with Crippen LogP contribution in [0.2, 0.25) is 0 Å². The van der Waals surface area contributed by atoms with Gasteiger partial charge in [-0.3, -0.25) is 0 Å². The second-order valence-corrected chi connectivity index (χ2v) is 3.96. The first-order chi connectivity index (χ1) is 9.29. The fourth-order valence-electron chi connectivity index (χ4n) is 1.55. The van der Waals surface area contributed by atoms with Gasteiger partial charge in [0.2, 0.25) is 0 Å². The van der Waals surface area contributed by atoms with E-state index in [-0.39, 0.29) is 0 Å². The van der Waals surface area contributed by atoms with Crippen LogP contribution in [-0.2, 0) is 4.74 Å². The molecule has 2 rings (SSSR count). The van der Waals surface area contributed by atoms with Gasteiger partial charge in [-0.05, 0) is 36.4 Å². The molecule has 0 aliphatic carbocycles. The van der Waals surface area contributed by atoms with Crippen LogP contribution in [0.25, 0.3) is 0 Å². The third-order valence-corrected chi connectivity index (χ3v) is 2.50. The second kappa shape index (κ2) is 6.66. The molecule has 0 amide bonds. The number of ether oxygens (including phenoxy) is 3. The summed E-state index contributed by atoms with van der Waals surface area (Å²) in [4.78, 5) is 0. The van der Waals surface area contributed by atoms with E-state index in [4.69, 9.17) is 19.9 Å². The molecular weight excluding hydrogens is 242 g/mol. The van der Waals surface area contributed by atoms with Crippen molar-refractivity contribution in [2.75, 3.05) is 26.1 Å². The largest absolute Gasteiger partial charge is 0.487 e. The molecular formula is C15H17NO3. The lowest BCUT2D eigenvalue weighted by molar-refractivity contribution is 0.144. The molecule has 0 aromatic heterocycles. The molecule has 0 spiro atoms. The molecule has 0 saturated carbocycles. The predicted molar refractivity (Wildman–Crippen MR) is 74.7 cm³/mol. The van der Waals surface area contributed by atoms with Crippen LogP contribution in [0, 0.1) is 0 Å². The Morgan fingerprint density at radius 1 is 0.895 bits per heavy atom. The first kappa shape index (κ1) is 13.2. The highest BCUT2D eigenvalue weighted by Gasteiger charge is 2.05. The summed E-state index contributed by atoms with van der Waals surface area (Å²) in [6.45, 7) is 1.02. The highest BCUT2D eigenvalue weighted by molar-refractivity contribution is 5.46. The Bertz CT molecular complexity index is 511. The minimum absolute atomic E-state index is 0.485. The highest BCUT2D eigenvalue weighted by Crippen LogP contribution is 2.31. The van der Waals surface area contributed by atoms with Crippen LogP contribution in [0.4, 0.5) is 5.69 Å². The lowest BCUT2D eigenvalue weighted by Gasteiger charge is -2.12. The summed E-state index contributed by atoms with van der Waals surface area (Å²) in [5.41, 5.74) is 6.34. The Morgan fingerprint density at radius 2 is 1.58 bits per heavy atom. The standard InChI is InChI=1S/C15H17NO3/c1-17-10-11-18-14-4-2-3-5-15(14)19-13-8-6-12(16)7-9-13/h2-9H,10-11,16H2,1H3. The van der Waals surface area contributed by atoms with Crippen molar-refractivity contribution in [3.05, 3.63) is 48.5 Å². The zero-order valence-corrected chi connectivity index (χ0v) is 10.8. The second-order valence-electron chi connectivity index (χ2n) is 3.96. The summed E-state index contributed by atoms with van der Waals surface area (Å²) >= 11 is 0. The number of nitrogen functional groups attached to an aromatic ring is 1. The van der Waals surface area contributed by atoms with Gasteiger partial charge >= 0.3 is 0 Å². The lowest BCUT2D eigenvalue weighted by Crippen LogP contribution is -2.04. The highest BCUT2D eigenvalue weighted by atomic mass is 16.5. The van der Waals surface area contributed by atoms with Crippen molar-refractivity contribution in [2.24, 2.45) is 0 Å². The fourth-order valence-corrected chi connectivity index (χ4v) is 1.55. The van der Waals surface area contributed by atoms with Gasteiger partial charge in [0.1, 0.15) is 12.4 Å². The van der Waals surface area contributed by atoms with E-state index in [1.54, 1.807) is 19.2 Å². The Hall–Kier alpha value is -2.20. The van der Waals surface area contributed by atoms with Crippen LogP contribution in [-0.4, -0.2) is 20.3 Å². The normalized spacial score (nSPS) is 10.2. The monoisotopic (exact) mass is 259 g/mol. The molecule has 2 aromatic rings. The van der Waals surface area contributed by atoms with Crippen molar-refractivity contribution in [3.8, 4) is 17.2 Å². The number of hydrogen-bond donors (Lipinski definition) is 1. The number of anilines is 1. The predicted octanol–water partition coefficient (Wildman–Crippen LogP) is 3.09. The number of methoxy groups -OCH3 is 1. The number of nitrogens with two attached hydrogens (primary N) is 1. The summed E-state index contributed by atoms with van der Waals surface area (Å²) in [6, 6.07) is 14.8. The SMILES string of the molecule is COCCOc1ccccc1Oc1ccc(N)cc1. The molecule has 0 atom stereocenters. The van der Waals surface area contributed by atoms with Crippen LogP contribution in [0.3, 0.4) is 0 Å². The van der Waals surface area contributed by atoms with Crippen molar-refractivity contribution < 1.29 is 14.2 Å². The number of hydrogen-bond acceptors (Lipinski definition) is 4. The molecule has 0 unspecified atom stereocenters. The van der Waals surface area contributed by atoms with E-state index in [1.165, 1.54) is 0 Å². The van der Waals surface area contributed by atoms with Crippen LogP contribution in [0.15, 0.2) is 48.5 Å². The van der Waals surface area contributed by atoms with Gasteiger partial charge in [-0.2, -0.15) is 0 Å². The minimum Gasteiger partial charge on any atom is -0.487 e. The van der Waals surface area contributed by atoms with Gasteiger partial charge in [0.05, 0.1) is 6.61 Å². The van der Waals surface area contributed by atoms with Crippen LogP contribution in [0.1, 0.15) is 0 Å². The summed E-state index contributed by atoms with van der Waals surface area (Å²) < 4.78 is 16.3. The molecule has 0 fully saturated rings. The summed E-state index contributed by atoms with van der Waals surface area (Å²) in [5, 5.41) is 0. The smallest absolute Gasteiger partial charge is 0.169 e. The van der Waals surface area contributed by atoms with Crippen molar-refractivity contribution >= 4 is 5.69 Å². The number of para-hydroxylation sites is 2. The maximum Gasteiger partial charge on any atom is 0.169 e. The Kier molecular flexibility index (Phi) is 4.64. The topological polar surface area (TPSA) is 53.7 Å². The van der Waals surface area contributed by atoms with Crippen molar-refractivity contribution in [1.29, 1.82) is 0 Å². The van der Waals surface area contributed by atoms with Gasteiger partial charge < -0.3 is 19.9 Å². The first-order valence-electron chi connectivity index (χ1n) is 6.04. The molecule has 19 heavy (non-hydrogen) atoms. The molecule has 0 aliphatic heterocycles. The number of benzene rings is 2. The van der Waals surface area contributed by atoms with Gasteiger partial charge in [0, 0.05) is 12.8 Å². The summed E-state index contributed by atoms with van der Waals surface area (Å²) in [6.07, 6.45) is 0. The average molecular weight is 259 g/mol. The summed E-state index contributed by atoms with van der Waals surface area (Å²) in [5.74, 6) is 2.08. The Morgan fingerprint density at radius 3 is 2.26 bits per heavy atom. The van der Waals surface area contributed by atoms with Gasteiger partial charge in [-0.25, -0.2) is 0 Å². The Balaban J connectivity index is 2.08. The molecule has 0 saturated heterocycles. The van der Waals surface area contributed by atoms with Crippen molar-refractivity contribution in [2.45, 2.75) is 0 Å². The number of rotatable bonds is 6. The van der Waals surface area contributed by atoms with Crippen molar-refractivity contribution in [1.82, 2.24) is 0 Å². The van der Waals surface area contributed by atoms with E-state index in [0.717, 1.165) is 5.75 Å². The van der Waals surface area contributed by atoms with E-state index in [1.807, 2.05) is 36.4 Å². The van der Waals surface area contributed by atoms with Crippen molar-refractivity contribution in [3.63, 3.8) is 0 Å². The van der Waals surface area contributed by atoms with E-state index < -0.39 is 0 Å². The molecule has 2 N–H and O–H groups in total. The van der Waals surface area contributed by atoms with Gasteiger partial charge in [-0.1, -0.05) is 12.1 Å². The van der Waals surface area contributed by atoms with E-state index in [9.17, 15) is 0 Å². The average Bonchev–Trinajstić information content (AvgIpc) is 2.43. The molecule has 0 heterocycles.